The highest BCUT2D eigenvalue weighted by molar-refractivity contribution is 5.92. The maximum absolute atomic E-state index is 12.9. The molecule has 0 saturated carbocycles. The molecule has 0 bridgehead atoms. The summed E-state index contributed by atoms with van der Waals surface area (Å²) in [5, 5.41) is 0. The van der Waals surface area contributed by atoms with E-state index in [1.165, 1.54) is 18.4 Å². The fraction of sp³-hybridized carbons (Fsp3) is 0.333. The summed E-state index contributed by atoms with van der Waals surface area (Å²) in [6.45, 7) is 2.75. The second kappa shape index (κ2) is 9.56. The minimum atomic E-state index is -4.36. The summed E-state index contributed by atoms with van der Waals surface area (Å²) in [7, 11) is 0. The third kappa shape index (κ3) is 5.56. The second-order valence-electron chi connectivity index (χ2n) is 7.95. The molecule has 1 fully saturated rings. The van der Waals surface area contributed by atoms with Crippen LogP contribution in [0.2, 0.25) is 0 Å². The van der Waals surface area contributed by atoms with Gasteiger partial charge in [0.15, 0.2) is 5.69 Å². The highest BCUT2D eigenvalue weighted by Crippen LogP contribution is 2.29. The molecular formula is C24H24F3N3O2. The summed E-state index contributed by atoms with van der Waals surface area (Å²) in [6, 6.07) is 14.9. The molecule has 2 aromatic carbocycles. The predicted molar refractivity (Wildman–Crippen MR) is 112 cm³/mol. The van der Waals surface area contributed by atoms with Crippen LogP contribution in [0.5, 0.6) is 0 Å². The molecule has 1 aromatic heterocycles. The lowest BCUT2D eigenvalue weighted by molar-refractivity contribution is -0.137. The third-order valence-electron chi connectivity index (χ3n) is 5.46. The first-order valence-electron chi connectivity index (χ1n) is 10.5. The average molecular weight is 443 g/mol. The van der Waals surface area contributed by atoms with E-state index in [2.05, 4.69) is 4.98 Å². The molecule has 168 valence electrons. The largest absolute Gasteiger partial charge is 0.447 e. The molecule has 0 radical (unpaired) electrons. The molecule has 0 atom stereocenters. The summed E-state index contributed by atoms with van der Waals surface area (Å²) in [6.07, 6.45) is -0.990. The first-order valence-corrected chi connectivity index (χ1v) is 10.5. The Morgan fingerprint density at radius 2 is 1.56 bits per heavy atom. The standard InChI is InChI=1S/C24H24F3N3O2/c25-24(26,27)20-10-8-19(9-11-20)15-29(14-18-6-2-1-3-7-18)16-22-28-21(17-32-22)23(31)30-12-4-5-13-30/h1-3,6-11,17H,4-5,12-16H2. The summed E-state index contributed by atoms with van der Waals surface area (Å²) in [5.74, 6) is 0.269. The van der Waals surface area contributed by atoms with Crippen LogP contribution in [0.3, 0.4) is 0 Å². The molecule has 32 heavy (non-hydrogen) atoms. The lowest BCUT2D eigenvalue weighted by atomic mass is 10.1. The van der Waals surface area contributed by atoms with E-state index >= 15 is 0 Å². The number of hydrogen-bond donors (Lipinski definition) is 0. The minimum Gasteiger partial charge on any atom is -0.447 e. The van der Waals surface area contributed by atoms with Gasteiger partial charge in [0.2, 0.25) is 5.89 Å². The van der Waals surface area contributed by atoms with Crippen molar-refractivity contribution in [3.05, 3.63) is 89.1 Å². The predicted octanol–water partition coefficient (Wildman–Crippen LogP) is 5.13. The summed E-state index contributed by atoms with van der Waals surface area (Å²) >= 11 is 0. The van der Waals surface area contributed by atoms with Gasteiger partial charge >= 0.3 is 6.18 Å². The van der Waals surface area contributed by atoms with Gasteiger partial charge in [-0.05, 0) is 36.1 Å². The van der Waals surface area contributed by atoms with E-state index in [-0.39, 0.29) is 11.6 Å². The van der Waals surface area contributed by atoms with Crippen LogP contribution in [0.1, 0.15) is 45.9 Å². The third-order valence-corrected chi connectivity index (χ3v) is 5.46. The number of benzene rings is 2. The van der Waals surface area contributed by atoms with Gasteiger partial charge in [0, 0.05) is 26.2 Å². The SMILES string of the molecule is O=C(c1coc(CN(Cc2ccccc2)Cc2ccc(C(F)(F)F)cc2)n1)N1CCCC1. The molecule has 0 unspecified atom stereocenters. The fourth-order valence-corrected chi connectivity index (χ4v) is 3.82. The minimum absolute atomic E-state index is 0.130. The van der Waals surface area contributed by atoms with Crippen molar-refractivity contribution in [2.75, 3.05) is 13.1 Å². The first kappa shape index (κ1) is 22.1. The maximum atomic E-state index is 12.9. The van der Waals surface area contributed by atoms with E-state index < -0.39 is 11.7 Å². The van der Waals surface area contributed by atoms with Crippen molar-refractivity contribution in [1.82, 2.24) is 14.8 Å². The molecule has 0 aliphatic carbocycles. The lowest BCUT2D eigenvalue weighted by Crippen LogP contribution is -2.28. The van der Waals surface area contributed by atoms with Gasteiger partial charge < -0.3 is 9.32 Å². The quantitative estimate of drug-likeness (QED) is 0.508. The van der Waals surface area contributed by atoms with Gasteiger partial charge in [-0.25, -0.2) is 4.98 Å². The molecule has 5 nitrogen and oxygen atoms in total. The molecule has 0 spiro atoms. The number of amides is 1. The molecule has 0 N–H and O–H groups in total. The van der Waals surface area contributed by atoms with E-state index in [9.17, 15) is 18.0 Å². The Morgan fingerprint density at radius 3 is 2.19 bits per heavy atom. The first-order chi connectivity index (χ1) is 15.4. The molecule has 2 heterocycles. The normalized spacial score (nSPS) is 14.3. The van der Waals surface area contributed by atoms with Gasteiger partial charge in [0.05, 0.1) is 12.1 Å². The molecule has 1 aliphatic heterocycles. The highest BCUT2D eigenvalue weighted by atomic mass is 19.4. The van der Waals surface area contributed by atoms with Crippen molar-refractivity contribution in [3.8, 4) is 0 Å². The molecule has 1 saturated heterocycles. The Morgan fingerprint density at radius 1 is 0.938 bits per heavy atom. The van der Waals surface area contributed by atoms with Crippen LogP contribution in [0.15, 0.2) is 65.3 Å². The van der Waals surface area contributed by atoms with Crippen molar-refractivity contribution < 1.29 is 22.4 Å². The topological polar surface area (TPSA) is 49.6 Å². The maximum Gasteiger partial charge on any atom is 0.416 e. The molecule has 1 aliphatic rings. The van der Waals surface area contributed by atoms with E-state index in [4.69, 9.17) is 4.42 Å². The number of likely N-dealkylation sites (tertiary alicyclic amines) is 1. The lowest BCUT2D eigenvalue weighted by Gasteiger charge is -2.21. The summed E-state index contributed by atoms with van der Waals surface area (Å²) in [5.41, 5.74) is 1.41. The van der Waals surface area contributed by atoms with Crippen LogP contribution in [-0.2, 0) is 25.8 Å². The Kier molecular flexibility index (Phi) is 6.60. The van der Waals surface area contributed by atoms with Gasteiger partial charge in [0.25, 0.3) is 5.91 Å². The molecular weight excluding hydrogens is 419 g/mol. The van der Waals surface area contributed by atoms with Crippen LogP contribution in [0.4, 0.5) is 13.2 Å². The number of rotatable bonds is 7. The highest BCUT2D eigenvalue weighted by Gasteiger charge is 2.30. The monoisotopic (exact) mass is 443 g/mol. The van der Waals surface area contributed by atoms with Gasteiger partial charge in [0.1, 0.15) is 6.26 Å². The van der Waals surface area contributed by atoms with E-state index in [0.717, 1.165) is 49.2 Å². The van der Waals surface area contributed by atoms with Crippen LogP contribution in [-0.4, -0.2) is 33.8 Å². The number of carbonyl (C=O) groups is 1. The van der Waals surface area contributed by atoms with E-state index in [0.29, 0.717) is 25.5 Å². The zero-order chi connectivity index (χ0) is 22.6. The van der Waals surface area contributed by atoms with Crippen LogP contribution >= 0.6 is 0 Å². The van der Waals surface area contributed by atoms with E-state index in [1.54, 1.807) is 4.90 Å². The van der Waals surface area contributed by atoms with Gasteiger partial charge in [-0.15, -0.1) is 0 Å². The number of halogens is 3. The zero-order valence-electron chi connectivity index (χ0n) is 17.5. The van der Waals surface area contributed by atoms with Crippen molar-refractivity contribution in [2.24, 2.45) is 0 Å². The Bertz CT molecular complexity index is 1030. The Hall–Kier alpha value is -3.13. The van der Waals surface area contributed by atoms with Crippen LogP contribution in [0, 0.1) is 0 Å². The number of nitrogens with zero attached hydrogens (tertiary/aromatic N) is 3. The summed E-state index contributed by atoms with van der Waals surface area (Å²) in [4.78, 5) is 20.7. The van der Waals surface area contributed by atoms with Gasteiger partial charge in [-0.2, -0.15) is 13.2 Å². The Labute approximate surface area is 184 Å². The molecule has 3 aromatic rings. The zero-order valence-corrected chi connectivity index (χ0v) is 17.5. The van der Waals surface area contributed by atoms with E-state index in [1.807, 2.05) is 35.2 Å². The number of alkyl halides is 3. The number of hydrogen-bond acceptors (Lipinski definition) is 4. The number of aromatic nitrogens is 1. The van der Waals surface area contributed by atoms with Crippen molar-refractivity contribution >= 4 is 5.91 Å². The second-order valence-corrected chi connectivity index (χ2v) is 7.95. The molecule has 4 rings (SSSR count). The van der Waals surface area contributed by atoms with Gasteiger partial charge in [-0.1, -0.05) is 42.5 Å². The van der Waals surface area contributed by atoms with Crippen molar-refractivity contribution in [3.63, 3.8) is 0 Å². The number of carbonyl (C=O) groups excluding carboxylic acids is 1. The summed E-state index contributed by atoms with van der Waals surface area (Å²) < 4.78 is 44.2. The smallest absolute Gasteiger partial charge is 0.416 e. The molecule has 8 heteroatoms. The van der Waals surface area contributed by atoms with Crippen molar-refractivity contribution in [2.45, 2.75) is 38.7 Å². The number of oxazole rings is 1. The van der Waals surface area contributed by atoms with Gasteiger partial charge in [-0.3, -0.25) is 9.69 Å². The van der Waals surface area contributed by atoms with Crippen molar-refractivity contribution in [1.29, 1.82) is 0 Å². The molecule has 1 amide bonds. The van der Waals surface area contributed by atoms with Crippen LogP contribution in [0.25, 0.3) is 0 Å². The fourth-order valence-electron chi connectivity index (χ4n) is 3.82. The Balaban J connectivity index is 1.49. The van der Waals surface area contributed by atoms with Crippen LogP contribution < -0.4 is 0 Å². The average Bonchev–Trinajstić information content (AvgIpc) is 3.46.